The van der Waals surface area contributed by atoms with Gasteiger partial charge in [-0.25, -0.2) is 0 Å². The number of alkyl halides is 3. The Morgan fingerprint density at radius 2 is 2.05 bits per heavy atom. The summed E-state index contributed by atoms with van der Waals surface area (Å²) in [6.45, 7) is 0. The quantitative estimate of drug-likeness (QED) is 0.940. The van der Waals surface area contributed by atoms with Crippen molar-refractivity contribution in [3.8, 4) is 0 Å². The van der Waals surface area contributed by atoms with Crippen molar-refractivity contribution in [3.63, 3.8) is 0 Å². The first-order valence-corrected chi connectivity index (χ1v) is 6.21. The summed E-state index contributed by atoms with van der Waals surface area (Å²) in [7, 11) is 0. The molecule has 1 aliphatic rings. The molecule has 3 rings (SSSR count). The van der Waals surface area contributed by atoms with Crippen molar-refractivity contribution in [3.05, 3.63) is 47.1 Å². The Labute approximate surface area is 112 Å². The lowest BCUT2D eigenvalue weighted by molar-refractivity contribution is -0.137. The van der Waals surface area contributed by atoms with Crippen LogP contribution >= 0.6 is 0 Å². The summed E-state index contributed by atoms with van der Waals surface area (Å²) in [5, 5.41) is 3.75. The van der Waals surface area contributed by atoms with E-state index in [0.717, 1.165) is 25.0 Å². The Bertz CT molecular complexity index is 619. The summed E-state index contributed by atoms with van der Waals surface area (Å²) >= 11 is 0. The van der Waals surface area contributed by atoms with Gasteiger partial charge in [-0.2, -0.15) is 18.2 Å². The second-order valence-electron chi connectivity index (χ2n) is 4.87. The first-order valence-electron chi connectivity index (χ1n) is 6.21. The maximum absolute atomic E-state index is 12.7. The third kappa shape index (κ3) is 2.53. The van der Waals surface area contributed by atoms with Gasteiger partial charge in [0, 0.05) is 5.92 Å². The monoisotopic (exact) mass is 283 g/mol. The maximum atomic E-state index is 12.7. The van der Waals surface area contributed by atoms with E-state index in [4.69, 9.17) is 10.3 Å². The molecule has 2 N–H and O–H groups in total. The van der Waals surface area contributed by atoms with Gasteiger partial charge in [0.2, 0.25) is 5.89 Å². The van der Waals surface area contributed by atoms with Crippen LogP contribution in [0.1, 0.15) is 47.6 Å². The second kappa shape index (κ2) is 4.59. The minimum Gasteiger partial charge on any atom is -0.339 e. The van der Waals surface area contributed by atoms with Gasteiger partial charge in [-0.15, -0.1) is 0 Å². The van der Waals surface area contributed by atoms with Gasteiger partial charge >= 0.3 is 6.18 Å². The molecule has 4 nitrogen and oxygen atoms in total. The van der Waals surface area contributed by atoms with Gasteiger partial charge in [0.1, 0.15) is 0 Å². The molecule has 0 aliphatic heterocycles. The normalized spacial score (nSPS) is 17.2. The van der Waals surface area contributed by atoms with Gasteiger partial charge in [0.25, 0.3) is 0 Å². The predicted octanol–water partition coefficient (Wildman–Crippen LogP) is 3.01. The highest BCUT2D eigenvalue weighted by Crippen LogP contribution is 2.39. The topological polar surface area (TPSA) is 64.9 Å². The zero-order chi connectivity index (χ0) is 14.3. The molecule has 0 saturated heterocycles. The van der Waals surface area contributed by atoms with E-state index < -0.39 is 17.8 Å². The predicted molar refractivity (Wildman–Crippen MR) is 63.7 cm³/mol. The number of benzene rings is 1. The molecule has 1 heterocycles. The molecule has 1 saturated carbocycles. The molecule has 20 heavy (non-hydrogen) atoms. The van der Waals surface area contributed by atoms with E-state index in [-0.39, 0.29) is 11.7 Å². The van der Waals surface area contributed by atoms with Crippen molar-refractivity contribution in [1.82, 2.24) is 10.1 Å². The van der Waals surface area contributed by atoms with Crippen LogP contribution in [0, 0.1) is 0 Å². The van der Waals surface area contributed by atoms with E-state index in [1.54, 1.807) is 0 Å². The second-order valence-corrected chi connectivity index (χ2v) is 4.87. The molecule has 1 atom stereocenters. The van der Waals surface area contributed by atoms with Crippen LogP contribution in [0.25, 0.3) is 0 Å². The lowest BCUT2D eigenvalue weighted by Gasteiger charge is -2.11. The van der Waals surface area contributed by atoms with Crippen LogP contribution < -0.4 is 5.73 Å². The highest BCUT2D eigenvalue weighted by atomic mass is 19.4. The van der Waals surface area contributed by atoms with E-state index in [1.807, 2.05) is 0 Å². The number of hydrogen-bond donors (Lipinski definition) is 1. The molecule has 0 spiro atoms. The lowest BCUT2D eigenvalue weighted by Crippen LogP contribution is -2.15. The number of rotatable bonds is 3. The lowest BCUT2D eigenvalue weighted by atomic mass is 10.0. The van der Waals surface area contributed by atoms with Gasteiger partial charge in [-0.1, -0.05) is 17.3 Å². The standard InChI is InChI=1S/C13H12F3N3O/c14-13(15,16)9-3-1-2-8(6-9)10(17)11-18-12(20-19-11)7-4-5-7/h1-3,6-7,10H,4-5,17H2. The maximum Gasteiger partial charge on any atom is 0.416 e. The van der Waals surface area contributed by atoms with Crippen molar-refractivity contribution >= 4 is 0 Å². The smallest absolute Gasteiger partial charge is 0.339 e. The fourth-order valence-corrected chi connectivity index (χ4v) is 1.93. The molecule has 1 aromatic heterocycles. The Balaban J connectivity index is 1.87. The summed E-state index contributed by atoms with van der Waals surface area (Å²) in [6, 6.07) is 4.03. The summed E-state index contributed by atoms with van der Waals surface area (Å²) in [6.07, 6.45) is -2.40. The Kier molecular flexibility index (Phi) is 3.01. The van der Waals surface area contributed by atoms with Crippen molar-refractivity contribution < 1.29 is 17.7 Å². The van der Waals surface area contributed by atoms with Crippen LogP contribution in [0.2, 0.25) is 0 Å². The van der Waals surface area contributed by atoms with Crippen LogP contribution in [0.4, 0.5) is 13.2 Å². The Hall–Kier alpha value is -1.89. The zero-order valence-corrected chi connectivity index (χ0v) is 10.4. The summed E-state index contributed by atoms with van der Waals surface area (Å²) in [5.74, 6) is 1.01. The number of hydrogen-bond acceptors (Lipinski definition) is 4. The highest BCUT2D eigenvalue weighted by Gasteiger charge is 2.32. The molecule has 1 unspecified atom stereocenters. The number of aromatic nitrogens is 2. The van der Waals surface area contributed by atoms with Crippen LogP contribution in [0.5, 0.6) is 0 Å². The minimum atomic E-state index is -4.40. The van der Waals surface area contributed by atoms with E-state index in [1.165, 1.54) is 12.1 Å². The summed E-state index contributed by atoms with van der Waals surface area (Å²) in [4.78, 5) is 4.16. The average Bonchev–Trinajstić information content (AvgIpc) is 3.15. The van der Waals surface area contributed by atoms with Gasteiger partial charge in [0.05, 0.1) is 11.6 Å². The van der Waals surface area contributed by atoms with Gasteiger partial charge in [-0.3, -0.25) is 0 Å². The van der Waals surface area contributed by atoms with Crippen LogP contribution in [0.3, 0.4) is 0 Å². The summed E-state index contributed by atoms with van der Waals surface area (Å²) in [5.41, 5.74) is 5.48. The SMILES string of the molecule is NC(c1cccc(C(F)(F)F)c1)c1noc(C2CC2)n1. The zero-order valence-electron chi connectivity index (χ0n) is 10.4. The largest absolute Gasteiger partial charge is 0.416 e. The first-order chi connectivity index (χ1) is 9.45. The third-order valence-electron chi connectivity index (χ3n) is 3.24. The van der Waals surface area contributed by atoms with Crippen molar-refractivity contribution in [2.45, 2.75) is 31.0 Å². The van der Waals surface area contributed by atoms with Crippen molar-refractivity contribution in [2.75, 3.05) is 0 Å². The molecule has 1 aliphatic carbocycles. The average molecular weight is 283 g/mol. The summed E-state index contributed by atoms with van der Waals surface area (Å²) < 4.78 is 43.0. The van der Waals surface area contributed by atoms with E-state index in [9.17, 15) is 13.2 Å². The van der Waals surface area contributed by atoms with Gasteiger partial charge < -0.3 is 10.3 Å². The molecule has 1 fully saturated rings. The molecule has 106 valence electrons. The number of nitrogens with two attached hydrogens (primary N) is 1. The van der Waals surface area contributed by atoms with Crippen LogP contribution in [-0.4, -0.2) is 10.1 Å². The fraction of sp³-hybridized carbons (Fsp3) is 0.385. The minimum absolute atomic E-state index is 0.214. The third-order valence-corrected chi connectivity index (χ3v) is 3.24. The molecular formula is C13H12F3N3O. The van der Waals surface area contributed by atoms with Gasteiger partial charge in [0.15, 0.2) is 5.82 Å². The molecular weight excluding hydrogens is 271 g/mol. The van der Waals surface area contributed by atoms with Crippen LogP contribution in [-0.2, 0) is 6.18 Å². The molecule has 2 aromatic rings. The van der Waals surface area contributed by atoms with Crippen molar-refractivity contribution in [1.29, 1.82) is 0 Å². The fourth-order valence-electron chi connectivity index (χ4n) is 1.93. The molecule has 0 bridgehead atoms. The Morgan fingerprint density at radius 3 is 2.70 bits per heavy atom. The van der Waals surface area contributed by atoms with Gasteiger partial charge in [-0.05, 0) is 30.5 Å². The van der Waals surface area contributed by atoms with E-state index in [0.29, 0.717) is 11.5 Å². The first kappa shape index (κ1) is 13.1. The number of halogens is 3. The molecule has 7 heteroatoms. The van der Waals surface area contributed by atoms with Crippen molar-refractivity contribution in [2.24, 2.45) is 5.73 Å². The molecule has 1 aromatic carbocycles. The highest BCUT2D eigenvalue weighted by molar-refractivity contribution is 5.30. The van der Waals surface area contributed by atoms with Crippen LogP contribution in [0.15, 0.2) is 28.8 Å². The molecule has 0 amide bonds. The Morgan fingerprint density at radius 1 is 1.30 bits per heavy atom. The molecule has 0 radical (unpaired) electrons. The van der Waals surface area contributed by atoms with E-state index >= 15 is 0 Å². The van der Waals surface area contributed by atoms with E-state index in [2.05, 4.69) is 10.1 Å². The number of nitrogens with zero attached hydrogens (tertiary/aromatic N) is 2.